The predicted octanol–water partition coefficient (Wildman–Crippen LogP) is 2.40. The highest BCUT2D eigenvalue weighted by atomic mass is 79.9. The average molecular weight is 283 g/mol. The first-order chi connectivity index (χ1) is 7.58. The molecule has 1 unspecified atom stereocenters. The van der Waals surface area contributed by atoms with Crippen LogP contribution in [-0.2, 0) is 4.79 Å². The fourth-order valence-electron chi connectivity index (χ4n) is 1.84. The topological polar surface area (TPSA) is 32.3 Å². The predicted molar refractivity (Wildman–Crippen MR) is 68.5 cm³/mol. The molecule has 1 fully saturated rings. The number of halogens is 1. The number of anilines is 1. The molecular formula is C12H15BrN2O. The third-order valence-electron chi connectivity index (χ3n) is 2.94. The number of aryl methyl sites for hydroxylation is 1. The number of hydrogen-bond acceptors (Lipinski definition) is 2. The Balaban J connectivity index is 2.10. The Bertz CT molecular complexity index is 419. The highest BCUT2D eigenvalue weighted by Crippen LogP contribution is 2.22. The molecular weight excluding hydrogens is 268 g/mol. The van der Waals surface area contributed by atoms with Gasteiger partial charge in [-0.15, -0.1) is 0 Å². The van der Waals surface area contributed by atoms with Gasteiger partial charge in [-0.25, -0.2) is 0 Å². The first-order valence-electron chi connectivity index (χ1n) is 5.35. The minimum absolute atomic E-state index is 0.0698. The highest BCUT2D eigenvalue weighted by Gasteiger charge is 2.28. The van der Waals surface area contributed by atoms with Crippen molar-refractivity contribution in [1.82, 2.24) is 4.90 Å². The summed E-state index contributed by atoms with van der Waals surface area (Å²) in [6.45, 7) is 2.88. The Labute approximate surface area is 104 Å². The zero-order valence-electron chi connectivity index (χ0n) is 9.46. The molecule has 1 aromatic carbocycles. The quantitative estimate of drug-likeness (QED) is 0.904. The van der Waals surface area contributed by atoms with Gasteiger partial charge >= 0.3 is 0 Å². The highest BCUT2D eigenvalue weighted by molar-refractivity contribution is 9.10. The lowest BCUT2D eigenvalue weighted by molar-refractivity contribution is -0.127. The number of amides is 1. The second-order valence-corrected chi connectivity index (χ2v) is 5.06. The van der Waals surface area contributed by atoms with Crippen LogP contribution < -0.4 is 5.32 Å². The van der Waals surface area contributed by atoms with Crippen LogP contribution in [0.1, 0.15) is 12.0 Å². The summed E-state index contributed by atoms with van der Waals surface area (Å²) in [6, 6.07) is 5.99. The van der Waals surface area contributed by atoms with Crippen molar-refractivity contribution in [1.29, 1.82) is 0 Å². The average Bonchev–Trinajstić information content (AvgIpc) is 2.55. The van der Waals surface area contributed by atoms with Gasteiger partial charge < -0.3 is 10.2 Å². The molecule has 0 aromatic heterocycles. The van der Waals surface area contributed by atoms with E-state index in [1.54, 1.807) is 4.90 Å². The van der Waals surface area contributed by atoms with E-state index >= 15 is 0 Å². The summed E-state index contributed by atoms with van der Waals surface area (Å²) in [7, 11) is 1.84. The van der Waals surface area contributed by atoms with E-state index < -0.39 is 0 Å². The van der Waals surface area contributed by atoms with Crippen molar-refractivity contribution in [2.75, 3.05) is 18.9 Å². The summed E-state index contributed by atoms with van der Waals surface area (Å²) >= 11 is 3.49. The summed E-state index contributed by atoms with van der Waals surface area (Å²) in [6.07, 6.45) is 0.876. The van der Waals surface area contributed by atoms with Gasteiger partial charge in [0.25, 0.3) is 0 Å². The number of nitrogens with zero attached hydrogens (tertiary/aromatic N) is 1. The zero-order valence-corrected chi connectivity index (χ0v) is 11.0. The number of likely N-dealkylation sites (tertiary alicyclic amines) is 1. The van der Waals surface area contributed by atoms with Crippen molar-refractivity contribution in [2.45, 2.75) is 19.4 Å². The molecule has 1 heterocycles. The van der Waals surface area contributed by atoms with Crippen LogP contribution in [0.3, 0.4) is 0 Å². The SMILES string of the molecule is Cc1ccc(NC2CCN(C)C2=O)cc1Br. The van der Waals surface area contributed by atoms with E-state index in [4.69, 9.17) is 0 Å². The molecule has 86 valence electrons. The van der Waals surface area contributed by atoms with Gasteiger partial charge in [0, 0.05) is 23.8 Å². The molecule has 0 spiro atoms. The molecule has 1 amide bonds. The lowest BCUT2D eigenvalue weighted by Crippen LogP contribution is -2.30. The second kappa shape index (κ2) is 4.45. The van der Waals surface area contributed by atoms with Crippen LogP contribution in [0.25, 0.3) is 0 Å². The summed E-state index contributed by atoms with van der Waals surface area (Å²) in [5.74, 6) is 0.177. The number of benzene rings is 1. The molecule has 4 heteroatoms. The van der Waals surface area contributed by atoms with Gasteiger partial charge in [0.05, 0.1) is 0 Å². The number of carbonyl (C=O) groups excluding carboxylic acids is 1. The van der Waals surface area contributed by atoms with Gasteiger partial charge in [-0.05, 0) is 31.0 Å². The van der Waals surface area contributed by atoms with Crippen molar-refractivity contribution in [3.8, 4) is 0 Å². The van der Waals surface area contributed by atoms with Crippen LogP contribution in [0, 0.1) is 6.92 Å². The number of carbonyl (C=O) groups is 1. The fraction of sp³-hybridized carbons (Fsp3) is 0.417. The summed E-state index contributed by atoms with van der Waals surface area (Å²) in [4.78, 5) is 13.5. The standard InChI is InChI=1S/C12H15BrN2O/c1-8-3-4-9(7-10(8)13)14-11-5-6-15(2)12(11)16/h3-4,7,11,14H,5-6H2,1-2H3. The molecule has 0 bridgehead atoms. The first kappa shape index (κ1) is 11.5. The van der Waals surface area contributed by atoms with Crippen LogP contribution in [0.4, 0.5) is 5.69 Å². The summed E-state index contributed by atoms with van der Waals surface area (Å²) < 4.78 is 1.07. The molecule has 3 nitrogen and oxygen atoms in total. The number of nitrogens with one attached hydrogen (secondary N) is 1. The van der Waals surface area contributed by atoms with Gasteiger partial charge in [0.2, 0.25) is 5.91 Å². The third kappa shape index (κ3) is 2.21. The Kier molecular flexibility index (Phi) is 3.19. The van der Waals surface area contributed by atoms with Gasteiger partial charge in [0.15, 0.2) is 0 Å². The van der Waals surface area contributed by atoms with Crippen molar-refractivity contribution >= 4 is 27.5 Å². The van der Waals surface area contributed by atoms with E-state index in [1.165, 1.54) is 5.56 Å². The van der Waals surface area contributed by atoms with Crippen LogP contribution in [0.2, 0.25) is 0 Å². The minimum atomic E-state index is -0.0698. The molecule has 0 radical (unpaired) electrons. The molecule has 1 aliphatic rings. The van der Waals surface area contributed by atoms with Gasteiger partial charge in [-0.3, -0.25) is 4.79 Å². The first-order valence-corrected chi connectivity index (χ1v) is 6.15. The van der Waals surface area contributed by atoms with Gasteiger partial charge in [-0.1, -0.05) is 22.0 Å². The molecule has 0 saturated carbocycles. The monoisotopic (exact) mass is 282 g/mol. The van der Waals surface area contributed by atoms with E-state index in [9.17, 15) is 4.79 Å². The largest absolute Gasteiger partial charge is 0.374 e. The Morgan fingerprint density at radius 3 is 2.81 bits per heavy atom. The number of rotatable bonds is 2. The maximum atomic E-state index is 11.7. The van der Waals surface area contributed by atoms with E-state index in [-0.39, 0.29) is 11.9 Å². The summed E-state index contributed by atoms with van der Waals surface area (Å²) in [5, 5.41) is 3.27. The van der Waals surface area contributed by atoms with Gasteiger partial charge in [0.1, 0.15) is 6.04 Å². The molecule has 2 rings (SSSR count). The Morgan fingerprint density at radius 2 is 2.25 bits per heavy atom. The van der Waals surface area contributed by atoms with E-state index in [0.717, 1.165) is 23.1 Å². The maximum Gasteiger partial charge on any atom is 0.244 e. The number of hydrogen-bond donors (Lipinski definition) is 1. The Morgan fingerprint density at radius 1 is 1.50 bits per heavy atom. The van der Waals surface area contributed by atoms with Crippen LogP contribution >= 0.6 is 15.9 Å². The minimum Gasteiger partial charge on any atom is -0.374 e. The zero-order chi connectivity index (χ0) is 11.7. The molecule has 1 atom stereocenters. The van der Waals surface area contributed by atoms with Crippen molar-refractivity contribution < 1.29 is 4.79 Å². The fourth-order valence-corrected chi connectivity index (χ4v) is 2.22. The maximum absolute atomic E-state index is 11.7. The normalized spacial score (nSPS) is 20.3. The Hall–Kier alpha value is -1.03. The van der Waals surface area contributed by atoms with Gasteiger partial charge in [-0.2, -0.15) is 0 Å². The van der Waals surface area contributed by atoms with E-state index in [2.05, 4.69) is 21.2 Å². The van der Waals surface area contributed by atoms with E-state index in [0.29, 0.717) is 0 Å². The molecule has 1 aromatic rings. The van der Waals surface area contributed by atoms with Crippen LogP contribution in [0.5, 0.6) is 0 Å². The smallest absolute Gasteiger partial charge is 0.244 e. The molecule has 16 heavy (non-hydrogen) atoms. The lowest BCUT2D eigenvalue weighted by atomic mass is 10.2. The lowest BCUT2D eigenvalue weighted by Gasteiger charge is -2.14. The van der Waals surface area contributed by atoms with Crippen LogP contribution in [0.15, 0.2) is 22.7 Å². The summed E-state index contributed by atoms with van der Waals surface area (Å²) in [5.41, 5.74) is 2.19. The molecule has 1 saturated heterocycles. The number of likely N-dealkylation sites (N-methyl/N-ethyl adjacent to an activating group) is 1. The molecule has 1 aliphatic heterocycles. The second-order valence-electron chi connectivity index (χ2n) is 4.21. The van der Waals surface area contributed by atoms with Crippen molar-refractivity contribution in [3.05, 3.63) is 28.2 Å². The van der Waals surface area contributed by atoms with Crippen molar-refractivity contribution in [2.24, 2.45) is 0 Å². The molecule has 1 N–H and O–H groups in total. The van der Waals surface area contributed by atoms with Crippen molar-refractivity contribution in [3.63, 3.8) is 0 Å². The van der Waals surface area contributed by atoms with Crippen LogP contribution in [-0.4, -0.2) is 30.4 Å². The van der Waals surface area contributed by atoms with E-state index in [1.807, 2.05) is 32.2 Å². The third-order valence-corrected chi connectivity index (χ3v) is 3.79. The molecule has 0 aliphatic carbocycles.